The van der Waals surface area contributed by atoms with Crippen LogP contribution in [0.25, 0.3) is 87.6 Å². The first-order valence-corrected chi connectivity index (χ1v) is 17.3. The smallest absolute Gasteiger partial charge is 0.0165 e. The lowest BCUT2D eigenvalue weighted by Gasteiger charge is -2.25. The Kier molecular flexibility index (Phi) is 6.02. The van der Waals surface area contributed by atoms with Crippen molar-refractivity contribution < 1.29 is 0 Å². The summed E-state index contributed by atoms with van der Waals surface area (Å²) in [7, 11) is 0. The van der Waals surface area contributed by atoms with Gasteiger partial charge in [0.1, 0.15) is 0 Å². The second kappa shape index (κ2) is 10.5. The molecule has 0 unspecified atom stereocenters. The van der Waals surface area contributed by atoms with Gasteiger partial charge >= 0.3 is 0 Å². The summed E-state index contributed by atoms with van der Waals surface area (Å²) < 4.78 is 0. The van der Waals surface area contributed by atoms with Crippen molar-refractivity contribution in [2.45, 2.75) is 19.3 Å². The van der Waals surface area contributed by atoms with Gasteiger partial charge in [-0.2, -0.15) is 0 Å². The molecule has 1 aliphatic carbocycles. The lowest BCUT2D eigenvalue weighted by Crippen LogP contribution is -2.16. The van der Waals surface area contributed by atoms with Crippen LogP contribution in [0.1, 0.15) is 25.0 Å². The third kappa shape index (κ3) is 4.17. The number of rotatable bonds is 3. The van der Waals surface area contributed by atoms with Crippen LogP contribution in [-0.4, -0.2) is 0 Å². The molecule has 0 nitrogen and oxygen atoms in total. The van der Waals surface area contributed by atoms with Crippen molar-refractivity contribution in [2.24, 2.45) is 0 Å². The summed E-state index contributed by atoms with van der Waals surface area (Å²) in [6.07, 6.45) is 0. The van der Waals surface area contributed by atoms with Gasteiger partial charge in [0.25, 0.3) is 0 Å². The molecule has 0 heterocycles. The molecule has 10 rings (SSSR count). The summed E-state index contributed by atoms with van der Waals surface area (Å²) >= 11 is 0. The predicted molar refractivity (Wildman–Crippen MR) is 210 cm³/mol. The molecule has 0 aromatic heterocycles. The van der Waals surface area contributed by atoms with Gasteiger partial charge in [0.2, 0.25) is 0 Å². The molecule has 0 heteroatoms. The van der Waals surface area contributed by atoms with Gasteiger partial charge in [-0.1, -0.05) is 159 Å². The Morgan fingerprint density at radius 1 is 0.327 bits per heavy atom. The fourth-order valence-corrected chi connectivity index (χ4v) is 8.74. The molecule has 9 aromatic rings. The van der Waals surface area contributed by atoms with Crippen LogP contribution < -0.4 is 0 Å². The van der Waals surface area contributed by atoms with Crippen LogP contribution in [0.5, 0.6) is 0 Å². The summed E-state index contributed by atoms with van der Waals surface area (Å²) in [5, 5.41) is 10.2. The molecular formula is C49H34. The first-order chi connectivity index (χ1) is 24.1. The predicted octanol–water partition coefficient (Wildman–Crippen LogP) is 13.6. The molecule has 0 N–H and O–H groups in total. The van der Waals surface area contributed by atoms with Gasteiger partial charge in [-0.15, -0.1) is 0 Å². The standard InChI is InChI=1S/C49H34/c1-49(2)45-30-34-16-6-5-15-33(34)29-44(45)43-24-12-23-38(48(43)49)35-17-11-18-36(28-35)46-39-19-7-9-21-41(39)47(42-22-10-8-20-40(42)46)37-26-25-31-13-3-4-14-32(31)27-37/h3-30H,1-2H3. The van der Waals surface area contributed by atoms with Gasteiger partial charge in [0, 0.05) is 5.41 Å². The molecule has 0 saturated heterocycles. The summed E-state index contributed by atoms with van der Waals surface area (Å²) in [5.74, 6) is 0. The first-order valence-electron chi connectivity index (χ1n) is 17.3. The molecule has 0 atom stereocenters. The van der Waals surface area contributed by atoms with Crippen molar-refractivity contribution in [1.82, 2.24) is 0 Å². The van der Waals surface area contributed by atoms with E-state index in [9.17, 15) is 0 Å². The number of hydrogen-bond acceptors (Lipinski definition) is 0. The first kappa shape index (κ1) is 28.1. The van der Waals surface area contributed by atoms with E-state index in [4.69, 9.17) is 0 Å². The van der Waals surface area contributed by atoms with Crippen LogP contribution in [-0.2, 0) is 5.41 Å². The molecule has 0 saturated carbocycles. The summed E-state index contributed by atoms with van der Waals surface area (Å²) in [4.78, 5) is 0. The van der Waals surface area contributed by atoms with Gasteiger partial charge in [0.05, 0.1) is 0 Å². The Bertz CT molecular complexity index is 2740. The molecule has 0 spiro atoms. The van der Waals surface area contributed by atoms with E-state index in [-0.39, 0.29) is 5.41 Å². The minimum Gasteiger partial charge on any atom is -0.0616 e. The average Bonchev–Trinajstić information content (AvgIpc) is 3.38. The lowest BCUT2D eigenvalue weighted by molar-refractivity contribution is 0.663. The summed E-state index contributed by atoms with van der Waals surface area (Å²) in [6, 6.07) is 63.2. The minimum absolute atomic E-state index is 0.123. The van der Waals surface area contributed by atoms with Crippen LogP contribution in [0, 0.1) is 0 Å². The van der Waals surface area contributed by atoms with E-state index in [1.807, 2.05) is 0 Å². The second-order valence-corrected chi connectivity index (χ2v) is 14.1. The van der Waals surface area contributed by atoms with E-state index in [0.29, 0.717) is 0 Å². The number of benzene rings is 9. The van der Waals surface area contributed by atoms with Crippen molar-refractivity contribution in [1.29, 1.82) is 0 Å². The van der Waals surface area contributed by atoms with Gasteiger partial charge in [0.15, 0.2) is 0 Å². The summed E-state index contributed by atoms with van der Waals surface area (Å²) in [5.41, 5.74) is 13.1. The molecule has 0 fully saturated rings. The molecule has 0 radical (unpaired) electrons. The fraction of sp³-hybridized carbons (Fsp3) is 0.0612. The van der Waals surface area contributed by atoms with Gasteiger partial charge in [-0.3, -0.25) is 0 Å². The zero-order valence-corrected chi connectivity index (χ0v) is 27.7. The zero-order valence-electron chi connectivity index (χ0n) is 27.7. The highest BCUT2D eigenvalue weighted by molar-refractivity contribution is 6.22. The fourth-order valence-electron chi connectivity index (χ4n) is 8.74. The van der Waals surface area contributed by atoms with Crippen LogP contribution >= 0.6 is 0 Å². The lowest BCUT2D eigenvalue weighted by atomic mass is 9.78. The van der Waals surface area contributed by atoms with Crippen molar-refractivity contribution in [3.05, 3.63) is 181 Å². The van der Waals surface area contributed by atoms with E-state index in [1.165, 1.54) is 98.7 Å². The van der Waals surface area contributed by atoms with E-state index in [1.54, 1.807) is 0 Å². The zero-order chi connectivity index (χ0) is 32.7. The topological polar surface area (TPSA) is 0 Å². The quantitative estimate of drug-likeness (QED) is 0.172. The highest BCUT2D eigenvalue weighted by atomic mass is 14.4. The third-order valence-electron chi connectivity index (χ3n) is 11.0. The Balaban J connectivity index is 1.19. The van der Waals surface area contributed by atoms with Crippen molar-refractivity contribution >= 4 is 43.1 Å². The largest absolute Gasteiger partial charge is 0.0616 e. The number of hydrogen-bond donors (Lipinski definition) is 0. The molecule has 49 heavy (non-hydrogen) atoms. The van der Waals surface area contributed by atoms with E-state index >= 15 is 0 Å². The maximum absolute atomic E-state index is 2.43. The number of fused-ring (bicyclic) bond motifs is 7. The molecule has 0 amide bonds. The third-order valence-corrected chi connectivity index (χ3v) is 11.0. The highest BCUT2D eigenvalue weighted by Crippen LogP contribution is 2.53. The van der Waals surface area contributed by atoms with Crippen molar-refractivity contribution in [3.63, 3.8) is 0 Å². The molecule has 1 aliphatic rings. The normalized spacial score (nSPS) is 13.3. The molecule has 0 aliphatic heterocycles. The Morgan fingerprint density at radius 3 is 1.47 bits per heavy atom. The van der Waals surface area contributed by atoms with E-state index in [2.05, 4.69) is 184 Å². The van der Waals surface area contributed by atoms with Gasteiger partial charge < -0.3 is 0 Å². The molecule has 9 aromatic carbocycles. The van der Waals surface area contributed by atoms with Crippen LogP contribution in [0.15, 0.2) is 170 Å². The van der Waals surface area contributed by atoms with Crippen LogP contribution in [0.4, 0.5) is 0 Å². The summed E-state index contributed by atoms with van der Waals surface area (Å²) in [6.45, 7) is 4.79. The van der Waals surface area contributed by atoms with Crippen LogP contribution in [0.3, 0.4) is 0 Å². The molecule has 230 valence electrons. The monoisotopic (exact) mass is 622 g/mol. The highest BCUT2D eigenvalue weighted by Gasteiger charge is 2.37. The van der Waals surface area contributed by atoms with Crippen molar-refractivity contribution in [3.8, 4) is 44.5 Å². The average molecular weight is 623 g/mol. The van der Waals surface area contributed by atoms with Crippen LogP contribution in [0.2, 0.25) is 0 Å². The molecule has 0 bridgehead atoms. The Labute approximate surface area is 286 Å². The van der Waals surface area contributed by atoms with Gasteiger partial charge in [-0.05, 0) is 123 Å². The Hall–Kier alpha value is -5.98. The maximum Gasteiger partial charge on any atom is 0.0165 e. The van der Waals surface area contributed by atoms with E-state index < -0.39 is 0 Å². The minimum atomic E-state index is -0.123. The Morgan fingerprint density at radius 2 is 0.816 bits per heavy atom. The second-order valence-electron chi connectivity index (χ2n) is 14.1. The van der Waals surface area contributed by atoms with E-state index in [0.717, 1.165) is 0 Å². The molecular weight excluding hydrogens is 589 g/mol. The van der Waals surface area contributed by atoms with Gasteiger partial charge in [-0.25, -0.2) is 0 Å². The SMILES string of the molecule is CC1(C)c2cc3ccccc3cc2-c2cccc(-c3cccc(-c4c5ccccc5c(-c5ccc6ccccc6c5)c5ccccc45)c3)c21. The maximum atomic E-state index is 2.43. The van der Waals surface area contributed by atoms with Crippen molar-refractivity contribution in [2.75, 3.05) is 0 Å².